The van der Waals surface area contributed by atoms with Crippen LogP contribution in [0.5, 0.6) is 0 Å². The SMILES string of the molecule is COC(=O)Cc1cc(=O)[nH]c(SC(c2ccccc2)c2ccccc2)n1. The second-order valence-corrected chi connectivity index (χ2v) is 6.71. The van der Waals surface area contributed by atoms with Crippen LogP contribution in [0.2, 0.25) is 0 Å². The molecule has 0 aliphatic rings. The molecule has 0 amide bonds. The minimum Gasteiger partial charge on any atom is -0.469 e. The highest BCUT2D eigenvalue weighted by molar-refractivity contribution is 7.99. The summed E-state index contributed by atoms with van der Waals surface area (Å²) in [5.41, 5.74) is 2.30. The van der Waals surface area contributed by atoms with Crippen LogP contribution in [0.4, 0.5) is 0 Å². The molecule has 3 rings (SSSR count). The number of H-pyrrole nitrogens is 1. The fraction of sp³-hybridized carbons (Fsp3) is 0.150. The Morgan fingerprint density at radius 3 is 2.19 bits per heavy atom. The number of nitrogens with zero attached hydrogens (tertiary/aromatic N) is 1. The Kier molecular flexibility index (Phi) is 5.86. The van der Waals surface area contributed by atoms with E-state index in [1.165, 1.54) is 24.9 Å². The van der Waals surface area contributed by atoms with Gasteiger partial charge in [-0.1, -0.05) is 72.4 Å². The molecule has 0 spiro atoms. The van der Waals surface area contributed by atoms with E-state index in [9.17, 15) is 9.59 Å². The monoisotopic (exact) mass is 366 g/mol. The normalized spacial score (nSPS) is 10.7. The maximum atomic E-state index is 12.0. The second-order valence-electron chi connectivity index (χ2n) is 5.61. The third-order valence-electron chi connectivity index (χ3n) is 3.76. The van der Waals surface area contributed by atoms with Crippen LogP contribution in [0.3, 0.4) is 0 Å². The van der Waals surface area contributed by atoms with Crippen molar-refractivity contribution in [1.29, 1.82) is 0 Å². The van der Waals surface area contributed by atoms with Gasteiger partial charge in [0.2, 0.25) is 0 Å². The molecular weight excluding hydrogens is 348 g/mol. The number of esters is 1. The Bertz CT molecular complexity index is 887. The van der Waals surface area contributed by atoms with E-state index in [0.29, 0.717) is 10.9 Å². The first kappa shape index (κ1) is 17.9. The summed E-state index contributed by atoms with van der Waals surface area (Å²) < 4.78 is 4.66. The number of ether oxygens (including phenoxy) is 1. The first-order valence-corrected chi connectivity index (χ1v) is 8.97. The lowest BCUT2D eigenvalue weighted by Gasteiger charge is -2.17. The minimum absolute atomic E-state index is 0.0324. The Labute approximate surface area is 155 Å². The molecule has 1 heterocycles. The molecule has 26 heavy (non-hydrogen) atoms. The molecule has 6 heteroatoms. The lowest BCUT2D eigenvalue weighted by molar-refractivity contribution is -0.139. The van der Waals surface area contributed by atoms with E-state index in [4.69, 9.17) is 0 Å². The van der Waals surface area contributed by atoms with Gasteiger partial charge in [-0.05, 0) is 11.1 Å². The number of rotatable bonds is 6. The molecule has 0 atom stereocenters. The fourth-order valence-electron chi connectivity index (χ4n) is 2.55. The molecule has 0 aliphatic heterocycles. The Hall–Kier alpha value is -2.86. The number of carbonyl (C=O) groups is 1. The van der Waals surface area contributed by atoms with E-state index in [0.717, 1.165) is 11.1 Å². The van der Waals surface area contributed by atoms with Crippen LogP contribution in [0.25, 0.3) is 0 Å². The predicted molar refractivity (Wildman–Crippen MR) is 101 cm³/mol. The standard InChI is InChI=1S/C20H18N2O3S/c1-25-18(24)13-16-12-17(23)22-20(21-16)26-19(14-8-4-2-5-9-14)15-10-6-3-7-11-15/h2-12,19H,13H2,1H3,(H,21,22,23). The van der Waals surface area contributed by atoms with E-state index in [1.54, 1.807) is 0 Å². The predicted octanol–water partition coefficient (Wildman–Crippen LogP) is 3.37. The van der Waals surface area contributed by atoms with Gasteiger partial charge in [0.15, 0.2) is 5.16 Å². The summed E-state index contributed by atoms with van der Waals surface area (Å²) in [4.78, 5) is 30.6. The lowest BCUT2D eigenvalue weighted by atomic mass is 10.0. The molecule has 0 aliphatic carbocycles. The van der Waals surface area contributed by atoms with Crippen LogP contribution in [0.15, 0.2) is 76.7 Å². The molecule has 0 fully saturated rings. The van der Waals surface area contributed by atoms with E-state index in [-0.39, 0.29) is 17.2 Å². The maximum absolute atomic E-state index is 12.0. The van der Waals surface area contributed by atoms with E-state index < -0.39 is 5.97 Å². The quantitative estimate of drug-likeness (QED) is 0.411. The van der Waals surface area contributed by atoms with Gasteiger partial charge in [-0.3, -0.25) is 9.59 Å². The van der Waals surface area contributed by atoms with Crippen LogP contribution in [0, 0.1) is 0 Å². The number of aromatic nitrogens is 2. The topological polar surface area (TPSA) is 72.1 Å². The van der Waals surface area contributed by atoms with Crippen LogP contribution in [0.1, 0.15) is 22.1 Å². The van der Waals surface area contributed by atoms with Gasteiger partial charge in [0.25, 0.3) is 5.56 Å². The zero-order valence-electron chi connectivity index (χ0n) is 14.2. The molecule has 1 aromatic heterocycles. The van der Waals surface area contributed by atoms with Crippen LogP contribution in [-0.4, -0.2) is 23.0 Å². The number of hydrogen-bond acceptors (Lipinski definition) is 5. The van der Waals surface area contributed by atoms with Crippen LogP contribution >= 0.6 is 11.8 Å². The highest BCUT2D eigenvalue weighted by atomic mass is 32.2. The summed E-state index contributed by atoms with van der Waals surface area (Å²) in [6, 6.07) is 21.3. The average Bonchev–Trinajstić information content (AvgIpc) is 2.67. The third kappa shape index (κ3) is 4.61. The van der Waals surface area contributed by atoms with Gasteiger partial charge < -0.3 is 9.72 Å². The van der Waals surface area contributed by atoms with Crippen molar-refractivity contribution in [3.8, 4) is 0 Å². The van der Waals surface area contributed by atoms with E-state index in [1.807, 2.05) is 60.7 Å². The lowest BCUT2D eigenvalue weighted by Crippen LogP contribution is -2.14. The molecule has 0 unspecified atom stereocenters. The molecule has 3 aromatic rings. The summed E-state index contributed by atoms with van der Waals surface area (Å²) in [6.45, 7) is 0. The molecule has 0 bridgehead atoms. The van der Waals surface area contributed by atoms with Crippen molar-refractivity contribution in [3.63, 3.8) is 0 Å². The molecule has 0 saturated carbocycles. The zero-order chi connectivity index (χ0) is 18.4. The maximum Gasteiger partial charge on any atom is 0.311 e. The Balaban J connectivity index is 1.95. The van der Waals surface area contributed by atoms with Gasteiger partial charge in [-0.15, -0.1) is 0 Å². The Morgan fingerprint density at radius 1 is 1.08 bits per heavy atom. The largest absolute Gasteiger partial charge is 0.469 e. The first-order chi connectivity index (χ1) is 12.7. The van der Waals surface area contributed by atoms with E-state index in [2.05, 4.69) is 14.7 Å². The Morgan fingerprint density at radius 2 is 1.65 bits per heavy atom. The van der Waals surface area contributed by atoms with Crippen molar-refractivity contribution in [1.82, 2.24) is 9.97 Å². The van der Waals surface area contributed by atoms with Crippen molar-refractivity contribution >= 4 is 17.7 Å². The van der Waals surface area contributed by atoms with Gasteiger partial charge in [-0.25, -0.2) is 4.98 Å². The fourth-order valence-corrected chi connectivity index (χ4v) is 3.68. The number of nitrogens with one attached hydrogen (secondary N) is 1. The van der Waals surface area contributed by atoms with Crippen molar-refractivity contribution < 1.29 is 9.53 Å². The van der Waals surface area contributed by atoms with Crippen LogP contribution in [-0.2, 0) is 16.0 Å². The van der Waals surface area contributed by atoms with Crippen molar-refractivity contribution in [3.05, 3.63) is 93.9 Å². The molecule has 132 valence electrons. The summed E-state index contributed by atoms with van der Waals surface area (Å²) in [5, 5.41) is 0.433. The number of carbonyl (C=O) groups excluding carboxylic acids is 1. The van der Waals surface area contributed by atoms with Crippen LogP contribution < -0.4 is 5.56 Å². The number of methoxy groups -OCH3 is 1. The third-order valence-corrected chi connectivity index (χ3v) is 4.96. The minimum atomic E-state index is -0.429. The molecule has 1 N–H and O–H groups in total. The molecule has 0 radical (unpaired) electrons. The molecule has 5 nitrogen and oxygen atoms in total. The van der Waals surface area contributed by atoms with Crippen molar-refractivity contribution in [2.45, 2.75) is 16.8 Å². The zero-order valence-corrected chi connectivity index (χ0v) is 15.0. The number of aromatic amines is 1. The summed E-state index contributed by atoms with van der Waals surface area (Å²) in [7, 11) is 1.31. The van der Waals surface area contributed by atoms with Gasteiger partial charge in [0, 0.05) is 6.07 Å². The van der Waals surface area contributed by atoms with Gasteiger partial charge in [-0.2, -0.15) is 0 Å². The molecule has 2 aromatic carbocycles. The smallest absolute Gasteiger partial charge is 0.311 e. The first-order valence-electron chi connectivity index (χ1n) is 8.09. The second kappa shape index (κ2) is 8.49. The van der Waals surface area contributed by atoms with Gasteiger partial charge in [0.05, 0.1) is 24.5 Å². The number of hydrogen-bond donors (Lipinski definition) is 1. The summed E-state index contributed by atoms with van der Waals surface area (Å²) in [5.74, 6) is -0.429. The number of benzene rings is 2. The van der Waals surface area contributed by atoms with Crippen molar-refractivity contribution in [2.24, 2.45) is 0 Å². The average molecular weight is 366 g/mol. The summed E-state index contributed by atoms with van der Waals surface area (Å²) >= 11 is 1.44. The molecule has 0 saturated heterocycles. The van der Waals surface area contributed by atoms with Gasteiger partial charge in [0.1, 0.15) is 0 Å². The van der Waals surface area contributed by atoms with Gasteiger partial charge >= 0.3 is 5.97 Å². The highest BCUT2D eigenvalue weighted by Crippen LogP contribution is 2.38. The van der Waals surface area contributed by atoms with E-state index >= 15 is 0 Å². The van der Waals surface area contributed by atoms with Crippen molar-refractivity contribution in [2.75, 3.05) is 7.11 Å². The molecular formula is C20H18N2O3S. The number of thioether (sulfide) groups is 1. The summed E-state index contributed by atoms with van der Waals surface area (Å²) in [6.07, 6.45) is -0.0324. The highest BCUT2D eigenvalue weighted by Gasteiger charge is 2.17.